The van der Waals surface area contributed by atoms with E-state index < -0.39 is 11.7 Å². The smallest absolute Gasteiger partial charge is 0.238 e. The maximum atomic E-state index is 13.3. The third-order valence-corrected chi connectivity index (χ3v) is 6.14. The lowest BCUT2D eigenvalue weighted by Crippen LogP contribution is -2.59. The fraction of sp³-hybridized carbons (Fsp3) is 0.500. The van der Waals surface area contributed by atoms with Crippen LogP contribution in [0.2, 0.25) is 0 Å². The third-order valence-electron chi connectivity index (χ3n) is 6.14. The topological polar surface area (TPSA) is 80.3 Å². The zero-order valence-electron chi connectivity index (χ0n) is 19.8. The molecule has 2 atom stereocenters. The number of nitrogens with one attached hydrogen (secondary N) is 1. The molecule has 2 heterocycles. The standard InChI is InChI=1S/C26H33FN2O5/c1-18(2)15-26(31)10-11-29(16-24(26)34-21-7-4-19(27)5-8-21)17-25(30)28-20-6-9-22-23(14-20)33-13-3-12-32-22/h4-9,14,18,24,31H,3,10-13,15-17H2,1-2H3,(H,28,30)/t24-,26+/m0/s1. The molecule has 1 fully saturated rings. The van der Waals surface area contributed by atoms with E-state index in [9.17, 15) is 14.3 Å². The predicted molar refractivity (Wildman–Crippen MR) is 127 cm³/mol. The maximum Gasteiger partial charge on any atom is 0.238 e. The van der Waals surface area contributed by atoms with E-state index >= 15 is 0 Å². The number of likely N-dealkylation sites (tertiary alicyclic amines) is 1. The van der Waals surface area contributed by atoms with Crippen LogP contribution < -0.4 is 19.5 Å². The molecule has 2 N–H and O–H groups in total. The molecule has 2 aromatic rings. The van der Waals surface area contributed by atoms with Gasteiger partial charge in [0, 0.05) is 31.3 Å². The molecule has 2 aromatic carbocycles. The first-order chi connectivity index (χ1) is 16.3. The summed E-state index contributed by atoms with van der Waals surface area (Å²) >= 11 is 0. The highest BCUT2D eigenvalue weighted by Crippen LogP contribution is 2.34. The second kappa shape index (κ2) is 10.6. The molecule has 0 unspecified atom stereocenters. The fourth-order valence-electron chi connectivity index (χ4n) is 4.56. The van der Waals surface area contributed by atoms with Gasteiger partial charge in [0.15, 0.2) is 11.5 Å². The van der Waals surface area contributed by atoms with E-state index in [0.717, 1.165) is 6.42 Å². The highest BCUT2D eigenvalue weighted by Gasteiger charge is 2.43. The number of halogens is 1. The maximum absolute atomic E-state index is 13.3. The summed E-state index contributed by atoms with van der Waals surface area (Å²) in [7, 11) is 0. The van der Waals surface area contributed by atoms with E-state index in [2.05, 4.69) is 19.2 Å². The van der Waals surface area contributed by atoms with Gasteiger partial charge in [-0.05, 0) is 55.2 Å². The second-order valence-corrected chi connectivity index (χ2v) is 9.51. The summed E-state index contributed by atoms with van der Waals surface area (Å²) in [5, 5.41) is 14.3. The second-order valence-electron chi connectivity index (χ2n) is 9.51. The molecule has 34 heavy (non-hydrogen) atoms. The number of carbonyl (C=O) groups is 1. The van der Waals surface area contributed by atoms with Crippen molar-refractivity contribution in [3.8, 4) is 17.2 Å². The van der Waals surface area contributed by atoms with Gasteiger partial charge in [0.25, 0.3) is 0 Å². The number of piperidine rings is 1. The van der Waals surface area contributed by atoms with Crippen molar-refractivity contribution >= 4 is 11.6 Å². The Balaban J connectivity index is 1.40. The third kappa shape index (κ3) is 6.18. The molecular formula is C26H33FN2O5. The van der Waals surface area contributed by atoms with E-state index in [4.69, 9.17) is 14.2 Å². The van der Waals surface area contributed by atoms with Gasteiger partial charge in [-0.3, -0.25) is 9.69 Å². The summed E-state index contributed by atoms with van der Waals surface area (Å²) in [5.41, 5.74) is -0.383. The average Bonchev–Trinajstić information content (AvgIpc) is 3.02. The molecule has 0 spiro atoms. The lowest BCUT2D eigenvalue weighted by molar-refractivity contribution is -0.129. The van der Waals surface area contributed by atoms with Crippen LogP contribution in [0.1, 0.15) is 33.1 Å². The average molecular weight is 473 g/mol. The van der Waals surface area contributed by atoms with Crippen molar-refractivity contribution in [1.82, 2.24) is 4.90 Å². The van der Waals surface area contributed by atoms with Crippen LogP contribution in [0, 0.1) is 11.7 Å². The molecule has 1 amide bonds. The molecule has 2 aliphatic rings. The Morgan fingerprint density at radius 2 is 1.94 bits per heavy atom. The molecule has 0 radical (unpaired) electrons. The SMILES string of the molecule is CC(C)C[C@]1(O)CCN(CC(=O)Nc2ccc3c(c2)OCCCO3)C[C@@H]1Oc1ccc(F)cc1. The van der Waals surface area contributed by atoms with Crippen LogP contribution in [0.3, 0.4) is 0 Å². The Kier molecular flexibility index (Phi) is 7.58. The van der Waals surface area contributed by atoms with Crippen LogP contribution in [-0.4, -0.2) is 60.5 Å². The van der Waals surface area contributed by atoms with Gasteiger partial charge in [-0.2, -0.15) is 0 Å². The molecule has 0 aliphatic carbocycles. The number of hydrogen-bond donors (Lipinski definition) is 2. The van der Waals surface area contributed by atoms with E-state index in [1.54, 1.807) is 30.3 Å². The molecular weight excluding hydrogens is 439 g/mol. The summed E-state index contributed by atoms with van der Waals surface area (Å²) in [4.78, 5) is 14.8. The summed E-state index contributed by atoms with van der Waals surface area (Å²) in [6, 6.07) is 11.2. The predicted octanol–water partition coefficient (Wildman–Crippen LogP) is 3.86. The minimum atomic E-state index is -1.02. The number of nitrogens with zero attached hydrogens (tertiary/aromatic N) is 1. The largest absolute Gasteiger partial charge is 0.490 e. The van der Waals surface area contributed by atoms with Crippen LogP contribution in [0.25, 0.3) is 0 Å². The van der Waals surface area contributed by atoms with Crippen molar-refractivity contribution in [2.75, 3.05) is 38.2 Å². The van der Waals surface area contributed by atoms with Crippen molar-refractivity contribution in [3.63, 3.8) is 0 Å². The fourth-order valence-corrected chi connectivity index (χ4v) is 4.56. The summed E-state index contributed by atoms with van der Waals surface area (Å²) < 4.78 is 30.8. The zero-order valence-corrected chi connectivity index (χ0v) is 19.8. The molecule has 7 nitrogen and oxygen atoms in total. The highest BCUT2D eigenvalue weighted by atomic mass is 19.1. The lowest BCUT2D eigenvalue weighted by atomic mass is 9.81. The summed E-state index contributed by atoms with van der Waals surface area (Å²) in [6.07, 6.45) is 1.33. The van der Waals surface area contributed by atoms with Crippen molar-refractivity contribution < 1.29 is 28.5 Å². The Hall–Kier alpha value is -2.84. The van der Waals surface area contributed by atoms with Crippen molar-refractivity contribution in [2.45, 2.75) is 44.8 Å². The Morgan fingerprint density at radius 1 is 1.21 bits per heavy atom. The number of benzene rings is 2. The van der Waals surface area contributed by atoms with Gasteiger partial charge in [0.2, 0.25) is 5.91 Å². The highest BCUT2D eigenvalue weighted by molar-refractivity contribution is 5.92. The summed E-state index contributed by atoms with van der Waals surface area (Å²) in [5.74, 6) is 1.56. The van der Waals surface area contributed by atoms with E-state index in [0.29, 0.717) is 62.1 Å². The van der Waals surface area contributed by atoms with Crippen molar-refractivity contribution in [2.24, 2.45) is 5.92 Å². The van der Waals surface area contributed by atoms with Gasteiger partial charge in [0.1, 0.15) is 23.3 Å². The van der Waals surface area contributed by atoms with Crippen LogP contribution in [0.15, 0.2) is 42.5 Å². The van der Waals surface area contributed by atoms with Gasteiger partial charge in [-0.1, -0.05) is 13.8 Å². The number of anilines is 1. The first-order valence-electron chi connectivity index (χ1n) is 11.9. The van der Waals surface area contributed by atoms with Crippen LogP contribution in [-0.2, 0) is 4.79 Å². The zero-order chi connectivity index (χ0) is 24.1. The van der Waals surface area contributed by atoms with Gasteiger partial charge in [0.05, 0.1) is 19.8 Å². The Bertz CT molecular complexity index is 984. The number of carbonyl (C=O) groups excluding carboxylic acids is 1. The van der Waals surface area contributed by atoms with Gasteiger partial charge < -0.3 is 24.6 Å². The van der Waals surface area contributed by atoms with Gasteiger partial charge >= 0.3 is 0 Å². The molecule has 184 valence electrons. The normalized spacial score (nSPS) is 22.8. The first-order valence-corrected chi connectivity index (χ1v) is 11.9. The number of aliphatic hydroxyl groups is 1. The van der Waals surface area contributed by atoms with Crippen molar-refractivity contribution in [3.05, 3.63) is 48.3 Å². The molecule has 1 saturated heterocycles. The molecule has 0 bridgehead atoms. The Labute approximate surface area is 199 Å². The van der Waals surface area contributed by atoms with Crippen molar-refractivity contribution in [1.29, 1.82) is 0 Å². The molecule has 0 aromatic heterocycles. The van der Waals surface area contributed by atoms with E-state index in [1.165, 1.54) is 12.1 Å². The van der Waals surface area contributed by atoms with Gasteiger partial charge in [-0.15, -0.1) is 0 Å². The number of fused-ring (bicyclic) bond motifs is 1. The minimum Gasteiger partial charge on any atom is -0.490 e. The summed E-state index contributed by atoms with van der Waals surface area (Å²) in [6.45, 7) is 6.42. The Morgan fingerprint density at radius 3 is 2.68 bits per heavy atom. The quantitative estimate of drug-likeness (QED) is 0.637. The minimum absolute atomic E-state index is 0.162. The first kappa shape index (κ1) is 24.3. The number of ether oxygens (including phenoxy) is 3. The van der Waals surface area contributed by atoms with Gasteiger partial charge in [-0.25, -0.2) is 4.39 Å². The van der Waals surface area contributed by atoms with Crippen LogP contribution in [0.5, 0.6) is 17.2 Å². The van der Waals surface area contributed by atoms with Crippen LogP contribution >= 0.6 is 0 Å². The molecule has 2 aliphatic heterocycles. The van der Waals surface area contributed by atoms with E-state index in [1.807, 2.05) is 4.90 Å². The molecule has 8 heteroatoms. The lowest BCUT2D eigenvalue weighted by Gasteiger charge is -2.45. The van der Waals surface area contributed by atoms with Crippen LogP contribution in [0.4, 0.5) is 10.1 Å². The number of rotatable bonds is 7. The molecule has 4 rings (SSSR count). The van der Waals surface area contributed by atoms with E-state index in [-0.39, 0.29) is 24.2 Å². The number of hydrogen-bond acceptors (Lipinski definition) is 6. The number of amides is 1. The monoisotopic (exact) mass is 472 g/mol. The molecule has 0 saturated carbocycles.